The van der Waals surface area contributed by atoms with Crippen molar-refractivity contribution in [3.05, 3.63) is 51.5 Å². The van der Waals surface area contributed by atoms with E-state index in [1.165, 1.54) is 0 Å². The molecule has 0 heterocycles. The summed E-state index contributed by atoms with van der Waals surface area (Å²) in [5.74, 6) is 1.36. The van der Waals surface area contributed by atoms with Gasteiger partial charge in [-0.15, -0.1) is 0 Å². The maximum Gasteiger partial charge on any atom is 0.153 e. The molecule has 0 aliphatic rings. The van der Waals surface area contributed by atoms with Crippen LogP contribution in [-0.4, -0.2) is 24.6 Å². The molecule has 0 aliphatic carbocycles. The van der Waals surface area contributed by atoms with E-state index in [-0.39, 0.29) is 6.61 Å². The standard InChI is InChI=1S/C9H10BrIO2.C9H8BrIO2/c2*1-2-13-9-6(5-12)3-7(11)4-8(9)10/h3-4,12H,2,5H2,1H3;3-5H,2H2,1H3. The number of aliphatic hydroxyl groups excluding tert-OH is 1. The summed E-state index contributed by atoms with van der Waals surface area (Å²) >= 11 is 11.1. The smallest absolute Gasteiger partial charge is 0.153 e. The van der Waals surface area contributed by atoms with Gasteiger partial charge in [0.05, 0.1) is 34.3 Å². The number of ether oxygens (including phenoxy) is 2. The van der Waals surface area contributed by atoms with E-state index in [9.17, 15) is 4.79 Å². The lowest BCUT2D eigenvalue weighted by atomic mass is 10.2. The van der Waals surface area contributed by atoms with Crippen molar-refractivity contribution in [1.82, 2.24) is 0 Å². The Morgan fingerprint density at radius 1 is 0.962 bits per heavy atom. The van der Waals surface area contributed by atoms with Gasteiger partial charge >= 0.3 is 0 Å². The Balaban J connectivity index is 0.000000260. The van der Waals surface area contributed by atoms with Crippen LogP contribution in [-0.2, 0) is 6.61 Å². The minimum atomic E-state index is 0.00474. The molecule has 4 nitrogen and oxygen atoms in total. The van der Waals surface area contributed by atoms with Crippen molar-refractivity contribution in [3.63, 3.8) is 0 Å². The SMILES string of the molecule is CCOc1c(Br)cc(I)cc1C=O.CCOc1c(Br)cc(I)cc1CO. The molecule has 0 aliphatic heterocycles. The van der Waals surface area contributed by atoms with E-state index in [1.807, 2.05) is 32.0 Å². The van der Waals surface area contributed by atoms with Crippen LogP contribution in [0.3, 0.4) is 0 Å². The minimum absolute atomic E-state index is 0.00474. The van der Waals surface area contributed by atoms with Crippen LogP contribution in [0, 0.1) is 7.14 Å². The van der Waals surface area contributed by atoms with Gasteiger partial charge in [-0.3, -0.25) is 4.79 Å². The zero-order chi connectivity index (χ0) is 19.7. The average Bonchev–Trinajstić information content (AvgIpc) is 2.59. The number of halogens is 4. The van der Waals surface area contributed by atoms with Crippen molar-refractivity contribution in [1.29, 1.82) is 0 Å². The van der Waals surface area contributed by atoms with Crippen LogP contribution in [0.2, 0.25) is 0 Å². The van der Waals surface area contributed by atoms with E-state index in [2.05, 4.69) is 77.0 Å². The van der Waals surface area contributed by atoms with Gasteiger partial charge in [0.25, 0.3) is 0 Å². The molecule has 0 radical (unpaired) electrons. The van der Waals surface area contributed by atoms with Gasteiger partial charge in [0, 0.05) is 12.7 Å². The number of hydrogen-bond acceptors (Lipinski definition) is 4. The highest BCUT2D eigenvalue weighted by Crippen LogP contribution is 2.32. The first kappa shape index (κ1) is 24.1. The molecule has 0 bridgehead atoms. The Labute approximate surface area is 197 Å². The highest BCUT2D eigenvalue weighted by atomic mass is 127. The fraction of sp³-hybridized carbons (Fsp3) is 0.278. The maximum atomic E-state index is 10.7. The summed E-state index contributed by atoms with van der Waals surface area (Å²) in [5, 5.41) is 9.09. The van der Waals surface area contributed by atoms with E-state index < -0.39 is 0 Å². The summed E-state index contributed by atoms with van der Waals surface area (Å²) in [4.78, 5) is 10.7. The zero-order valence-electron chi connectivity index (χ0n) is 14.2. The average molecular weight is 712 g/mol. The van der Waals surface area contributed by atoms with Crippen molar-refractivity contribution in [2.75, 3.05) is 13.2 Å². The monoisotopic (exact) mass is 710 g/mol. The van der Waals surface area contributed by atoms with Gasteiger partial charge in [-0.1, -0.05) is 0 Å². The first-order valence-corrected chi connectivity index (χ1v) is 11.4. The number of benzene rings is 2. The molecule has 0 atom stereocenters. The summed E-state index contributed by atoms with van der Waals surface area (Å²) in [7, 11) is 0. The van der Waals surface area contributed by atoms with Crippen molar-refractivity contribution in [3.8, 4) is 11.5 Å². The molecule has 142 valence electrons. The second-order valence-electron chi connectivity index (χ2n) is 4.82. The van der Waals surface area contributed by atoms with Gasteiger partial charge in [-0.2, -0.15) is 0 Å². The number of carbonyl (C=O) groups is 1. The fourth-order valence-electron chi connectivity index (χ4n) is 2.00. The van der Waals surface area contributed by atoms with Crippen molar-refractivity contribution in [2.24, 2.45) is 0 Å². The molecule has 0 saturated carbocycles. The molecular weight excluding hydrogens is 694 g/mol. The van der Waals surface area contributed by atoms with Crippen LogP contribution in [0.1, 0.15) is 29.8 Å². The minimum Gasteiger partial charge on any atom is -0.492 e. The summed E-state index contributed by atoms with van der Waals surface area (Å²) in [6.45, 7) is 4.97. The van der Waals surface area contributed by atoms with E-state index in [0.29, 0.717) is 24.5 Å². The molecule has 1 N–H and O–H groups in total. The Kier molecular flexibility index (Phi) is 11.6. The van der Waals surface area contributed by atoms with Gasteiger partial charge in [-0.05, 0) is 115 Å². The molecule has 2 aromatic rings. The third-order valence-electron chi connectivity index (χ3n) is 3.00. The quantitative estimate of drug-likeness (QED) is 0.286. The van der Waals surface area contributed by atoms with Gasteiger partial charge < -0.3 is 14.6 Å². The molecule has 0 amide bonds. The highest BCUT2D eigenvalue weighted by Gasteiger charge is 2.09. The van der Waals surface area contributed by atoms with Crippen LogP contribution in [0.15, 0.2) is 33.2 Å². The third-order valence-corrected chi connectivity index (χ3v) is 5.42. The van der Waals surface area contributed by atoms with Crippen LogP contribution >= 0.6 is 77.0 Å². The predicted molar refractivity (Wildman–Crippen MR) is 127 cm³/mol. The summed E-state index contributed by atoms with van der Waals surface area (Å²) in [5.41, 5.74) is 1.40. The lowest BCUT2D eigenvalue weighted by Gasteiger charge is -2.10. The maximum absolute atomic E-state index is 10.7. The van der Waals surface area contributed by atoms with Crippen molar-refractivity contribution < 1.29 is 19.4 Å². The molecule has 0 spiro atoms. The lowest BCUT2D eigenvalue weighted by molar-refractivity contribution is 0.111. The summed E-state index contributed by atoms with van der Waals surface area (Å²) < 4.78 is 14.5. The largest absolute Gasteiger partial charge is 0.492 e. The number of carbonyl (C=O) groups excluding carboxylic acids is 1. The van der Waals surface area contributed by atoms with E-state index in [4.69, 9.17) is 14.6 Å². The molecule has 0 aromatic heterocycles. The van der Waals surface area contributed by atoms with Crippen LogP contribution in [0.4, 0.5) is 0 Å². The van der Waals surface area contributed by atoms with Gasteiger partial charge in [0.15, 0.2) is 6.29 Å². The van der Waals surface area contributed by atoms with Gasteiger partial charge in [-0.25, -0.2) is 0 Å². The molecule has 0 unspecified atom stereocenters. The number of aliphatic hydroxyl groups is 1. The van der Waals surface area contributed by atoms with E-state index >= 15 is 0 Å². The summed E-state index contributed by atoms with van der Waals surface area (Å²) in [6, 6.07) is 7.59. The highest BCUT2D eigenvalue weighted by molar-refractivity contribution is 14.1. The molecule has 0 saturated heterocycles. The van der Waals surface area contributed by atoms with Crippen molar-refractivity contribution >= 4 is 83.3 Å². The molecule has 0 fully saturated rings. The van der Waals surface area contributed by atoms with Crippen LogP contribution in [0.5, 0.6) is 11.5 Å². The number of rotatable bonds is 6. The molecule has 8 heteroatoms. The molecular formula is C18H18Br2I2O4. The Morgan fingerprint density at radius 3 is 1.96 bits per heavy atom. The Morgan fingerprint density at radius 2 is 1.46 bits per heavy atom. The van der Waals surface area contributed by atoms with Gasteiger partial charge in [0.2, 0.25) is 0 Å². The fourth-order valence-corrected chi connectivity index (χ4v) is 5.40. The predicted octanol–water partition coefficient (Wildman–Crippen LogP) is 6.21. The Hall–Kier alpha value is 0.0900. The molecule has 2 aromatic carbocycles. The second-order valence-corrected chi connectivity index (χ2v) is 9.02. The molecule has 2 rings (SSSR count). The van der Waals surface area contributed by atoms with Crippen LogP contribution < -0.4 is 9.47 Å². The normalized spacial score (nSPS) is 9.96. The second kappa shape index (κ2) is 12.5. The van der Waals surface area contributed by atoms with Gasteiger partial charge in [0.1, 0.15) is 11.5 Å². The topological polar surface area (TPSA) is 55.8 Å². The third kappa shape index (κ3) is 7.25. The lowest BCUT2D eigenvalue weighted by Crippen LogP contribution is -1.98. The number of hydrogen-bond donors (Lipinski definition) is 1. The van der Waals surface area contributed by atoms with Crippen LogP contribution in [0.25, 0.3) is 0 Å². The molecule has 26 heavy (non-hydrogen) atoms. The van der Waals surface area contributed by atoms with E-state index in [1.54, 1.807) is 6.07 Å². The van der Waals surface area contributed by atoms with Crippen molar-refractivity contribution in [2.45, 2.75) is 20.5 Å². The number of aldehydes is 1. The van der Waals surface area contributed by atoms with E-state index in [0.717, 1.165) is 33.7 Å². The summed E-state index contributed by atoms with van der Waals surface area (Å²) in [6.07, 6.45) is 0.803. The first-order chi connectivity index (χ1) is 12.4. The first-order valence-electron chi connectivity index (χ1n) is 7.66. The zero-order valence-corrected chi connectivity index (χ0v) is 21.7. The Bertz CT molecular complexity index is 754.